The monoisotopic (exact) mass is 511 g/mol. The third-order valence-corrected chi connectivity index (χ3v) is 7.11. The number of benzene rings is 2. The molecule has 1 fully saturated rings. The maximum absolute atomic E-state index is 13.7. The highest BCUT2D eigenvalue weighted by Gasteiger charge is 2.36. The molecule has 0 unspecified atom stereocenters. The SMILES string of the molecule is C#C.Fc1ccc2c(c1F)CSc1ccccc1C2.O=C1c2c(O)c(=O)ccn2N[C@@H]2COCCN12. The molecule has 1 saturated heterocycles. The van der Waals surface area contributed by atoms with E-state index in [2.05, 4.69) is 18.3 Å². The van der Waals surface area contributed by atoms with Crippen molar-refractivity contribution in [3.05, 3.63) is 92.9 Å². The Morgan fingerprint density at radius 3 is 2.67 bits per heavy atom. The number of nitrogens with one attached hydrogen (secondary N) is 1. The van der Waals surface area contributed by atoms with Crippen LogP contribution in [0.1, 0.15) is 27.2 Å². The molecule has 2 N–H and O–H groups in total. The van der Waals surface area contributed by atoms with Crippen LogP contribution in [0.5, 0.6) is 5.75 Å². The molecular weight excluding hydrogens is 488 g/mol. The summed E-state index contributed by atoms with van der Waals surface area (Å²) < 4.78 is 33.5. The maximum Gasteiger partial charge on any atom is 0.278 e. The zero-order valence-electron chi connectivity index (χ0n) is 19.1. The van der Waals surface area contributed by atoms with E-state index in [1.54, 1.807) is 22.7 Å². The van der Waals surface area contributed by atoms with Crippen molar-refractivity contribution in [2.24, 2.45) is 0 Å². The zero-order chi connectivity index (χ0) is 25.8. The molecular formula is C26H23F2N3O4S. The minimum Gasteiger partial charge on any atom is -0.502 e. The lowest BCUT2D eigenvalue weighted by atomic mass is 10.0. The number of aromatic hydroxyl groups is 1. The average Bonchev–Trinajstić information content (AvgIpc) is 3.10. The first-order valence-electron chi connectivity index (χ1n) is 11.0. The Morgan fingerprint density at radius 2 is 1.86 bits per heavy atom. The summed E-state index contributed by atoms with van der Waals surface area (Å²) in [6.45, 7) is 1.29. The molecule has 3 aliphatic rings. The van der Waals surface area contributed by atoms with E-state index in [0.717, 1.165) is 10.5 Å². The summed E-state index contributed by atoms with van der Waals surface area (Å²) in [4.78, 5) is 26.2. The van der Waals surface area contributed by atoms with E-state index >= 15 is 0 Å². The summed E-state index contributed by atoms with van der Waals surface area (Å²) in [5, 5.41) is 9.65. The third kappa shape index (κ3) is 4.80. The van der Waals surface area contributed by atoms with Crippen LogP contribution in [0.15, 0.2) is 58.4 Å². The highest BCUT2D eigenvalue weighted by atomic mass is 32.2. The van der Waals surface area contributed by atoms with Crippen molar-refractivity contribution in [2.75, 3.05) is 25.2 Å². The molecule has 186 valence electrons. The van der Waals surface area contributed by atoms with Gasteiger partial charge in [0, 0.05) is 35.0 Å². The molecule has 1 amide bonds. The first-order chi connectivity index (χ1) is 17.4. The first-order valence-corrected chi connectivity index (χ1v) is 12.0. The minimum atomic E-state index is -0.754. The molecule has 0 radical (unpaired) electrons. The van der Waals surface area contributed by atoms with E-state index in [9.17, 15) is 23.5 Å². The van der Waals surface area contributed by atoms with Crippen molar-refractivity contribution in [1.82, 2.24) is 9.58 Å². The van der Waals surface area contributed by atoms with Gasteiger partial charge < -0.3 is 20.2 Å². The number of hydrogen-bond acceptors (Lipinski definition) is 6. The van der Waals surface area contributed by atoms with Gasteiger partial charge in [-0.25, -0.2) is 8.78 Å². The Morgan fingerprint density at radius 1 is 1.08 bits per heavy atom. The Balaban J connectivity index is 0.000000158. The van der Waals surface area contributed by atoms with Crippen LogP contribution in [0.3, 0.4) is 0 Å². The van der Waals surface area contributed by atoms with Crippen LogP contribution in [0.4, 0.5) is 8.78 Å². The molecule has 1 aromatic heterocycles. The standard InChI is InChI=1S/C14H10F2S.C10H11N3O4.C2H2/c15-12-6-5-9-7-10-3-1-2-4-13(10)17-8-11(9)14(12)16;14-6-1-2-13-8(9(6)15)10(16)12-3-4-17-5-7(12)11-13;1-2/h1-6H,7-8H2;1-2,7,11,15H,3-5H2;1-2H/t;7-;/m.0./s1. The highest BCUT2D eigenvalue weighted by Crippen LogP contribution is 2.35. The first kappa shape index (κ1) is 25.3. The number of rotatable bonds is 0. The average molecular weight is 512 g/mol. The normalized spacial score (nSPS) is 17.3. The maximum atomic E-state index is 13.7. The van der Waals surface area contributed by atoms with Crippen molar-refractivity contribution in [1.29, 1.82) is 0 Å². The van der Waals surface area contributed by atoms with Gasteiger partial charge in [-0.3, -0.25) is 14.3 Å². The number of morpholine rings is 1. The molecule has 0 saturated carbocycles. The highest BCUT2D eigenvalue weighted by molar-refractivity contribution is 7.98. The van der Waals surface area contributed by atoms with Gasteiger partial charge in [-0.15, -0.1) is 24.6 Å². The van der Waals surface area contributed by atoms with Gasteiger partial charge in [0.05, 0.1) is 13.2 Å². The number of carbonyl (C=O) groups excluding carboxylic acids is 1. The van der Waals surface area contributed by atoms with E-state index in [-0.39, 0.29) is 17.8 Å². The number of halogens is 2. The van der Waals surface area contributed by atoms with Crippen LogP contribution >= 0.6 is 11.8 Å². The summed E-state index contributed by atoms with van der Waals surface area (Å²) in [5.74, 6) is -1.82. The van der Waals surface area contributed by atoms with E-state index in [1.165, 1.54) is 28.6 Å². The summed E-state index contributed by atoms with van der Waals surface area (Å²) >= 11 is 1.57. The van der Waals surface area contributed by atoms with E-state index in [4.69, 9.17) is 4.74 Å². The lowest BCUT2D eigenvalue weighted by Gasteiger charge is -2.41. The number of terminal acetylenes is 1. The number of aromatic nitrogens is 1. The molecule has 0 bridgehead atoms. The van der Waals surface area contributed by atoms with Crippen LogP contribution in [0, 0.1) is 24.5 Å². The van der Waals surface area contributed by atoms with Gasteiger partial charge in [0.2, 0.25) is 5.43 Å². The molecule has 4 heterocycles. The fourth-order valence-corrected chi connectivity index (χ4v) is 5.30. The molecule has 7 nitrogen and oxygen atoms in total. The fourth-order valence-electron chi connectivity index (χ4n) is 4.19. The predicted molar refractivity (Wildman–Crippen MR) is 132 cm³/mol. The Kier molecular flexibility index (Phi) is 7.62. The second-order valence-corrected chi connectivity index (χ2v) is 9.05. The Bertz CT molecular complexity index is 1380. The van der Waals surface area contributed by atoms with Crippen molar-refractivity contribution < 1.29 is 23.4 Å². The van der Waals surface area contributed by atoms with Crippen molar-refractivity contribution in [2.45, 2.75) is 23.2 Å². The largest absolute Gasteiger partial charge is 0.502 e. The van der Waals surface area contributed by atoms with E-state index < -0.39 is 22.8 Å². The van der Waals surface area contributed by atoms with Crippen molar-refractivity contribution in [3.8, 4) is 18.6 Å². The molecule has 36 heavy (non-hydrogen) atoms. The van der Waals surface area contributed by atoms with Crippen LogP contribution in [-0.4, -0.2) is 46.5 Å². The molecule has 10 heteroatoms. The number of pyridine rings is 1. The molecule has 0 aliphatic carbocycles. The van der Waals surface area contributed by atoms with Gasteiger partial charge in [0.1, 0.15) is 6.17 Å². The number of nitrogens with zero attached hydrogens (tertiary/aromatic N) is 2. The second kappa shape index (κ2) is 10.8. The number of thioether (sulfide) groups is 1. The minimum absolute atomic E-state index is 0.0179. The molecule has 3 aliphatic heterocycles. The lowest BCUT2D eigenvalue weighted by molar-refractivity contribution is -0.00314. The smallest absolute Gasteiger partial charge is 0.278 e. The van der Waals surface area contributed by atoms with Crippen LogP contribution in [-0.2, 0) is 16.9 Å². The quantitative estimate of drug-likeness (QED) is 0.451. The fraction of sp³-hybridized carbons (Fsp3) is 0.231. The topological polar surface area (TPSA) is 83.8 Å². The van der Waals surface area contributed by atoms with E-state index in [1.807, 2.05) is 24.3 Å². The Hall–Kier alpha value is -3.81. The predicted octanol–water partition coefficient (Wildman–Crippen LogP) is 3.32. The summed E-state index contributed by atoms with van der Waals surface area (Å²) in [7, 11) is 0. The molecule has 1 atom stereocenters. The zero-order valence-corrected chi connectivity index (χ0v) is 19.9. The van der Waals surface area contributed by atoms with Crippen molar-refractivity contribution >= 4 is 17.7 Å². The summed E-state index contributed by atoms with van der Waals surface area (Å²) in [6, 6.07) is 12.1. The van der Waals surface area contributed by atoms with E-state index in [0.29, 0.717) is 37.5 Å². The Labute approximate surface area is 210 Å². The number of carbonyl (C=O) groups is 1. The number of hydrogen-bond donors (Lipinski definition) is 2. The number of fused-ring (bicyclic) bond motifs is 4. The second-order valence-electron chi connectivity index (χ2n) is 8.04. The number of amides is 1. The van der Waals surface area contributed by atoms with Gasteiger partial charge in [-0.05, 0) is 29.7 Å². The molecule has 2 aromatic carbocycles. The lowest BCUT2D eigenvalue weighted by Crippen LogP contribution is -2.59. The van der Waals surface area contributed by atoms with Crippen LogP contribution in [0.25, 0.3) is 0 Å². The van der Waals surface area contributed by atoms with Gasteiger partial charge in [0.15, 0.2) is 23.1 Å². The summed E-state index contributed by atoms with van der Waals surface area (Å²) in [5.41, 5.74) is 5.00. The van der Waals surface area contributed by atoms with Crippen molar-refractivity contribution in [3.63, 3.8) is 0 Å². The van der Waals surface area contributed by atoms with Gasteiger partial charge in [-0.1, -0.05) is 24.3 Å². The van der Waals surface area contributed by atoms with Gasteiger partial charge in [0.25, 0.3) is 5.91 Å². The van der Waals surface area contributed by atoms with Gasteiger partial charge in [-0.2, -0.15) is 0 Å². The summed E-state index contributed by atoms with van der Waals surface area (Å²) in [6.07, 6.45) is 9.85. The van der Waals surface area contributed by atoms with Gasteiger partial charge >= 0.3 is 0 Å². The number of ether oxygens (including phenoxy) is 1. The third-order valence-electron chi connectivity index (χ3n) is 5.97. The van der Waals surface area contributed by atoms with Crippen LogP contribution in [0.2, 0.25) is 0 Å². The molecule has 3 aromatic rings. The molecule has 6 rings (SSSR count). The molecule has 0 spiro atoms. The van der Waals surface area contributed by atoms with Crippen LogP contribution < -0.4 is 10.9 Å².